The predicted molar refractivity (Wildman–Crippen MR) is 105 cm³/mol. The van der Waals surface area contributed by atoms with Crippen molar-refractivity contribution in [3.63, 3.8) is 0 Å². The smallest absolute Gasteiger partial charge is 0.377 e. The minimum absolute atomic E-state index is 0.0359. The summed E-state index contributed by atoms with van der Waals surface area (Å²) in [5, 5.41) is 37.1. The molecule has 3 aromatic rings. The van der Waals surface area contributed by atoms with Crippen LogP contribution >= 0.6 is 0 Å². The first-order chi connectivity index (χ1) is 15.0. The summed E-state index contributed by atoms with van der Waals surface area (Å²) < 4.78 is 15.2. The SMILES string of the molecule is N#Cc1cccc(-c2cc(C(=O)ON3C[N-]C(O)C3)nn2-c2ccc(F)c(C#N)c2)c1. The summed E-state index contributed by atoms with van der Waals surface area (Å²) in [7, 11) is 0. The van der Waals surface area contributed by atoms with E-state index in [4.69, 9.17) is 10.1 Å². The van der Waals surface area contributed by atoms with Crippen molar-refractivity contribution in [1.82, 2.24) is 14.8 Å². The highest BCUT2D eigenvalue weighted by Gasteiger charge is 2.22. The maximum absolute atomic E-state index is 13.8. The van der Waals surface area contributed by atoms with Gasteiger partial charge < -0.3 is 15.3 Å². The van der Waals surface area contributed by atoms with Crippen LogP contribution in [0.3, 0.4) is 0 Å². The van der Waals surface area contributed by atoms with E-state index in [1.807, 2.05) is 6.07 Å². The van der Waals surface area contributed by atoms with Gasteiger partial charge in [-0.15, -0.1) is 0 Å². The Kier molecular flexibility index (Phi) is 5.43. The summed E-state index contributed by atoms with van der Waals surface area (Å²) in [5.74, 6) is -1.45. The zero-order valence-electron chi connectivity index (χ0n) is 15.9. The molecule has 0 amide bonds. The lowest BCUT2D eigenvalue weighted by Gasteiger charge is -2.15. The van der Waals surface area contributed by atoms with Gasteiger partial charge in [-0.25, -0.2) is 13.9 Å². The average Bonchev–Trinajstić information content (AvgIpc) is 3.40. The van der Waals surface area contributed by atoms with Crippen molar-refractivity contribution in [3.05, 3.63) is 76.5 Å². The number of aliphatic hydroxyl groups excluding tert-OH is 1. The first-order valence-corrected chi connectivity index (χ1v) is 9.11. The van der Waals surface area contributed by atoms with Gasteiger partial charge in [-0.2, -0.15) is 20.7 Å². The Morgan fingerprint density at radius 1 is 1.23 bits per heavy atom. The van der Waals surface area contributed by atoms with E-state index in [0.717, 1.165) is 6.07 Å². The molecule has 0 aliphatic carbocycles. The lowest BCUT2D eigenvalue weighted by molar-refractivity contribution is -0.0979. The van der Waals surface area contributed by atoms with Crippen LogP contribution < -0.4 is 0 Å². The molecular weight excluding hydrogens is 403 g/mol. The Morgan fingerprint density at radius 2 is 2.06 bits per heavy atom. The number of nitrogens with zero attached hydrogens (tertiary/aromatic N) is 6. The van der Waals surface area contributed by atoms with E-state index in [1.54, 1.807) is 30.3 Å². The van der Waals surface area contributed by atoms with Crippen LogP contribution in [-0.4, -0.2) is 45.4 Å². The molecule has 2 aromatic carbocycles. The van der Waals surface area contributed by atoms with Crippen LogP contribution in [0.1, 0.15) is 21.6 Å². The second-order valence-electron chi connectivity index (χ2n) is 6.64. The van der Waals surface area contributed by atoms with Crippen LogP contribution in [0.2, 0.25) is 0 Å². The van der Waals surface area contributed by atoms with Gasteiger partial charge in [0.1, 0.15) is 11.9 Å². The van der Waals surface area contributed by atoms with Crippen LogP contribution in [-0.2, 0) is 4.84 Å². The number of nitriles is 2. The Morgan fingerprint density at radius 3 is 2.77 bits per heavy atom. The zero-order chi connectivity index (χ0) is 22.0. The summed E-state index contributed by atoms with van der Waals surface area (Å²) in [5.41, 5.74) is 1.54. The van der Waals surface area contributed by atoms with Gasteiger partial charge in [0.15, 0.2) is 5.69 Å². The molecule has 0 spiro atoms. The number of carbonyl (C=O) groups is 1. The molecule has 0 radical (unpaired) electrons. The van der Waals surface area contributed by atoms with Crippen LogP contribution in [0.5, 0.6) is 0 Å². The lowest BCUT2D eigenvalue weighted by atomic mass is 10.1. The summed E-state index contributed by atoms with van der Waals surface area (Å²) in [6.07, 6.45) is -0.932. The molecule has 0 bridgehead atoms. The third kappa shape index (κ3) is 4.13. The molecule has 1 N–H and O–H groups in total. The van der Waals surface area contributed by atoms with E-state index in [9.17, 15) is 19.6 Å². The number of hydrogen-bond donors (Lipinski definition) is 1. The third-order valence-electron chi connectivity index (χ3n) is 4.55. The van der Waals surface area contributed by atoms with E-state index < -0.39 is 18.0 Å². The highest BCUT2D eigenvalue weighted by molar-refractivity contribution is 5.89. The lowest BCUT2D eigenvalue weighted by Crippen LogP contribution is -2.26. The average molecular weight is 417 g/mol. The van der Waals surface area contributed by atoms with E-state index in [1.165, 1.54) is 27.9 Å². The van der Waals surface area contributed by atoms with Crippen molar-refractivity contribution in [1.29, 1.82) is 10.5 Å². The number of carbonyl (C=O) groups excluding carboxylic acids is 1. The molecule has 1 atom stereocenters. The fourth-order valence-corrected chi connectivity index (χ4v) is 3.08. The molecule has 1 saturated heterocycles. The van der Waals surface area contributed by atoms with Gasteiger partial charge in [0.05, 0.1) is 28.6 Å². The van der Waals surface area contributed by atoms with Gasteiger partial charge in [-0.05, 0) is 42.6 Å². The summed E-state index contributed by atoms with van der Waals surface area (Å²) in [6, 6.07) is 15.8. The summed E-state index contributed by atoms with van der Waals surface area (Å²) in [4.78, 5) is 17.8. The first kappa shape index (κ1) is 20.2. The van der Waals surface area contributed by atoms with Gasteiger partial charge in [-0.3, -0.25) is 0 Å². The molecule has 1 aliphatic rings. The van der Waals surface area contributed by atoms with Crippen molar-refractivity contribution in [3.8, 4) is 29.1 Å². The number of β-amino-alcohol motifs (C(OH)–C–C–N with tert-alkyl or cyclic N) is 1. The number of aromatic nitrogens is 2. The molecule has 1 unspecified atom stereocenters. The number of aliphatic hydroxyl groups is 1. The van der Waals surface area contributed by atoms with Crippen LogP contribution in [0.25, 0.3) is 22.3 Å². The van der Waals surface area contributed by atoms with Crippen LogP contribution in [0.4, 0.5) is 4.39 Å². The maximum Gasteiger partial charge on any atom is 0.377 e. The topological polar surface area (TPSA) is 129 Å². The highest BCUT2D eigenvalue weighted by atomic mass is 19.1. The van der Waals surface area contributed by atoms with Crippen molar-refractivity contribution < 1.29 is 19.1 Å². The van der Waals surface area contributed by atoms with Gasteiger partial charge in [0, 0.05) is 12.1 Å². The Hall–Kier alpha value is -4.09. The van der Waals surface area contributed by atoms with Gasteiger partial charge in [-0.1, -0.05) is 18.8 Å². The molecule has 9 nitrogen and oxygen atoms in total. The van der Waals surface area contributed by atoms with E-state index in [-0.39, 0.29) is 24.5 Å². The Balaban J connectivity index is 1.78. The molecule has 2 heterocycles. The number of hydroxylamine groups is 2. The fourth-order valence-electron chi connectivity index (χ4n) is 3.08. The highest BCUT2D eigenvalue weighted by Crippen LogP contribution is 2.26. The monoisotopic (exact) mass is 417 g/mol. The normalized spacial score (nSPS) is 15.9. The zero-order valence-corrected chi connectivity index (χ0v) is 15.9. The first-order valence-electron chi connectivity index (χ1n) is 9.11. The molecule has 31 heavy (non-hydrogen) atoms. The van der Waals surface area contributed by atoms with E-state index in [2.05, 4.69) is 10.4 Å². The minimum atomic E-state index is -0.932. The molecule has 4 rings (SSSR count). The largest absolute Gasteiger partial charge is 0.620 e. The molecule has 1 fully saturated rings. The molecule has 1 aliphatic heterocycles. The number of benzene rings is 2. The minimum Gasteiger partial charge on any atom is -0.620 e. The molecule has 0 saturated carbocycles. The second kappa shape index (κ2) is 8.34. The van der Waals surface area contributed by atoms with Crippen LogP contribution in [0, 0.1) is 28.5 Å². The third-order valence-corrected chi connectivity index (χ3v) is 4.55. The van der Waals surface area contributed by atoms with Gasteiger partial charge in [0.2, 0.25) is 0 Å². The summed E-state index contributed by atoms with van der Waals surface area (Å²) in [6.45, 7) is 0.0845. The second-order valence-corrected chi connectivity index (χ2v) is 6.64. The number of halogens is 1. The van der Waals surface area contributed by atoms with E-state index in [0.29, 0.717) is 22.5 Å². The molecular formula is C21H14FN6O3-. The Bertz CT molecular complexity index is 1240. The van der Waals surface area contributed by atoms with Gasteiger partial charge >= 0.3 is 5.97 Å². The molecule has 10 heteroatoms. The number of hydrogen-bond acceptors (Lipinski definition) is 7. The van der Waals surface area contributed by atoms with Crippen molar-refractivity contribution in [2.24, 2.45) is 0 Å². The van der Waals surface area contributed by atoms with Crippen molar-refractivity contribution in [2.45, 2.75) is 6.23 Å². The maximum atomic E-state index is 13.8. The van der Waals surface area contributed by atoms with E-state index >= 15 is 0 Å². The standard InChI is InChI=1S/C21H14FN6O3/c22-17-5-4-16(7-15(17)10-24)28-19(14-3-1-2-13(6-14)9-23)8-18(26-28)21(30)31-27-11-20(29)25-12-27/h1-8,20,29H,11-12H2/q-1. The fraction of sp³-hybridized carbons (Fsp3) is 0.143. The Labute approximate surface area is 176 Å². The predicted octanol–water partition coefficient (Wildman–Crippen LogP) is 2.46. The quantitative estimate of drug-likeness (QED) is 0.690. The molecule has 154 valence electrons. The van der Waals surface area contributed by atoms with Crippen LogP contribution in [0.15, 0.2) is 48.5 Å². The number of rotatable bonds is 4. The summed E-state index contributed by atoms with van der Waals surface area (Å²) >= 11 is 0. The van der Waals surface area contributed by atoms with Gasteiger partial charge in [0.25, 0.3) is 0 Å². The van der Waals surface area contributed by atoms with Crippen molar-refractivity contribution >= 4 is 5.97 Å². The molecule has 1 aromatic heterocycles. The van der Waals surface area contributed by atoms with Crippen molar-refractivity contribution in [2.75, 3.05) is 13.2 Å².